The molecular weight excluding hydrogens is 905 g/mol. The summed E-state index contributed by atoms with van der Waals surface area (Å²) in [5, 5.41) is 0. The molecule has 0 fully saturated rings. The van der Waals surface area contributed by atoms with E-state index >= 15 is 0 Å². The van der Waals surface area contributed by atoms with Gasteiger partial charge in [-0.25, -0.2) is 0 Å². The van der Waals surface area contributed by atoms with E-state index in [-0.39, 0.29) is 10.8 Å². The van der Waals surface area contributed by atoms with E-state index in [9.17, 15) is 0 Å². The van der Waals surface area contributed by atoms with Crippen LogP contribution in [0.3, 0.4) is 0 Å². The molecule has 0 bridgehead atoms. The summed E-state index contributed by atoms with van der Waals surface area (Å²) in [6.07, 6.45) is 0. The molecule has 0 aliphatic heterocycles. The number of benzene rings is 11. The highest BCUT2D eigenvalue weighted by Gasteiger charge is 2.46. The molecule has 0 unspecified atom stereocenters. The Labute approximate surface area is 441 Å². The number of hydrogen-bond donors (Lipinski definition) is 0. The van der Waals surface area contributed by atoms with Crippen LogP contribution >= 0.6 is 0 Å². The smallest absolute Gasteiger partial charge is 0.0714 e. The van der Waals surface area contributed by atoms with Gasteiger partial charge in [-0.3, -0.25) is 0 Å². The first-order chi connectivity index (χ1) is 36.7. The van der Waals surface area contributed by atoms with E-state index in [0.29, 0.717) is 0 Å². The van der Waals surface area contributed by atoms with Gasteiger partial charge in [0.05, 0.1) is 11.1 Å². The largest absolute Gasteiger partial charge is 0.310 e. The van der Waals surface area contributed by atoms with Gasteiger partial charge in [0.2, 0.25) is 0 Å². The maximum absolute atomic E-state index is 2.54. The van der Waals surface area contributed by atoms with E-state index in [2.05, 4.69) is 304 Å². The number of anilines is 6. The maximum atomic E-state index is 2.54. The molecule has 14 rings (SSSR count). The lowest BCUT2D eigenvalue weighted by Crippen LogP contribution is -2.28. The normalized spacial score (nSPS) is 14.5. The first-order valence-corrected chi connectivity index (χ1v) is 26.4. The molecule has 0 N–H and O–H groups in total. The third-order valence-electron chi connectivity index (χ3n) is 16.9. The molecule has 0 saturated carbocycles. The van der Waals surface area contributed by atoms with Gasteiger partial charge in [-0.1, -0.05) is 234 Å². The summed E-state index contributed by atoms with van der Waals surface area (Å²) < 4.78 is 0. The lowest BCUT2D eigenvalue weighted by atomic mass is 9.67. The van der Waals surface area contributed by atoms with Crippen LogP contribution < -0.4 is 9.80 Å². The highest BCUT2D eigenvalue weighted by Crippen LogP contribution is 2.58. The summed E-state index contributed by atoms with van der Waals surface area (Å²) in [4.78, 5) is 5.02. The molecular formula is C73H56N2. The van der Waals surface area contributed by atoms with Crippen molar-refractivity contribution in [1.82, 2.24) is 0 Å². The molecule has 0 amide bonds. The van der Waals surface area contributed by atoms with Gasteiger partial charge in [0.15, 0.2) is 0 Å². The van der Waals surface area contributed by atoms with Gasteiger partial charge >= 0.3 is 0 Å². The van der Waals surface area contributed by atoms with Crippen LogP contribution in [-0.4, -0.2) is 0 Å². The first-order valence-electron chi connectivity index (χ1n) is 26.4. The van der Waals surface area contributed by atoms with Crippen LogP contribution in [-0.2, 0) is 16.2 Å². The van der Waals surface area contributed by atoms with Crippen LogP contribution in [0.15, 0.2) is 267 Å². The average molecular weight is 961 g/mol. The monoisotopic (exact) mass is 960 g/mol. The van der Waals surface area contributed by atoms with Gasteiger partial charge in [-0.15, -0.1) is 0 Å². The van der Waals surface area contributed by atoms with Crippen LogP contribution in [0.2, 0.25) is 0 Å². The molecule has 3 aliphatic carbocycles. The van der Waals surface area contributed by atoms with Crippen LogP contribution in [0.4, 0.5) is 34.1 Å². The second-order valence-corrected chi connectivity index (χ2v) is 21.6. The van der Waals surface area contributed by atoms with E-state index in [1.54, 1.807) is 0 Å². The summed E-state index contributed by atoms with van der Waals surface area (Å²) in [6, 6.07) is 99.6. The molecule has 3 aliphatic rings. The zero-order valence-corrected chi connectivity index (χ0v) is 42.8. The Morgan fingerprint density at radius 2 is 0.680 bits per heavy atom. The number of nitrogens with zero attached hydrogens (tertiary/aromatic N) is 2. The molecule has 11 aromatic carbocycles. The van der Waals surface area contributed by atoms with E-state index in [1.807, 2.05) is 0 Å². The van der Waals surface area contributed by atoms with Gasteiger partial charge in [-0.2, -0.15) is 0 Å². The van der Waals surface area contributed by atoms with Crippen molar-refractivity contribution in [3.63, 3.8) is 0 Å². The predicted octanol–water partition coefficient (Wildman–Crippen LogP) is 19.3. The van der Waals surface area contributed by atoms with Crippen molar-refractivity contribution in [2.45, 2.75) is 43.9 Å². The van der Waals surface area contributed by atoms with Crippen molar-refractivity contribution in [1.29, 1.82) is 0 Å². The molecule has 11 aromatic rings. The topological polar surface area (TPSA) is 6.48 Å². The molecule has 0 aromatic heterocycles. The third-order valence-corrected chi connectivity index (χ3v) is 16.9. The van der Waals surface area contributed by atoms with Crippen LogP contribution in [0.1, 0.15) is 72.2 Å². The minimum Gasteiger partial charge on any atom is -0.310 e. The molecule has 0 atom stereocenters. The zero-order chi connectivity index (χ0) is 50.5. The van der Waals surface area contributed by atoms with Crippen molar-refractivity contribution < 1.29 is 0 Å². The summed E-state index contributed by atoms with van der Waals surface area (Å²) in [6.45, 7) is 9.56. The van der Waals surface area contributed by atoms with Gasteiger partial charge in [-0.05, 0) is 150 Å². The predicted molar refractivity (Wildman–Crippen MR) is 314 cm³/mol. The Morgan fingerprint density at radius 1 is 0.253 bits per heavy atom. The molecule has 0 heterocycles. The Balaban J connectivity index is 1.00. The molecule has 0 saturated heterocycles. The van der Waals surface area contributed by atoms with Gasteiger partial charge in [0.1, 0.15) is 0 Å². The molecule has 358 valence electrons. The van der Waals surface area contributed by atoms with Crippen LogP contribution in [0.5, 0.6) is 0 Å². The molecule has 2 nitrogen and oxygen atoms in total. The van der Waals surface area contributed by atoms with Crippen molar-refractivity contribution in [2.24, 2.45) is 0 Å². The third kappa shape index (κ3) is 6.72. The van der Waals surface area contributed by atoms with Crippen molar-refractivity contribution >= 4 is 34.1 Å². The SMILES string of the molecule is CC1(C)c2ccccc2-c2ccc(N(c3cccc(N(c4cccc(-c5ccccc5)c4)c4cccc(C5(c6ccccc6)c6ccccc6-c6ccccc65)c4)c3)c3cccc4c3C(C)(C)c3ccccc3-4)cc21. The molecule has 75 heavy (non-hydrogen) atoms. The Bertz CT molecular complexity index is 3990. The maximum Gasteiger partial charge on any atom is 0.0714 e. The Morgan fingerprint density at radius 3 is 1.35 bits per heavy atom. The number of fused-ring (bicyclic) bond motifs is 9. The first kappa shape index (κ1) is 44.7. The molecule has 2 heteroatoms. The fourth-order valence-electron chi connectivity index (χ4n) is 13.5. The highest BCUT2D eigenvalue weighted by atomic mass is 15.2. The number of hydrogen-bond acceptors (Lipinski definition) is 2. The van der Waals surface area contributed by atoms with Crippen molar-refractivity contribution in [2.75, 3.05) is 9.80 Å². The second kappa shape index (κ2) is 17.0. The van der Waals surface area contributed by atoms with Crippen LogP contribution in [0, 0.1) is 0 Å². The molecule has 0 spiro atoms. The Hall–Kier alpha value is -8.98. The highest BCUT2D eigenvalue weighted by molar-refractivity contribution is 5.94. The van der Waals surface area contributed by atoms with Gasteiger partial charge in [0, 0.05) is 39.3 Å². The fraction of sp³-hybridized carbons (Fsp3) is 0.0959. The van der Waals surface area contributed by atoms with Crippen molar-refractivity contribution in [3.8, 4) is 44.5 Å². The van der Waals surface area contributed by atoms with Gasteiger partial charge < -0.3 is 9.80 Å². The lowest BCUT2D eigenvalue weighted by molar-refractivity contribution is 0.658. The minimum absolute atomic E-state index is 0.174. The minimum atomic E-state index is -0.556. The zero-order valence-electron chi connectivity index (χ0n) is 42.8. The fourth-order valence-corrected chi connectivity index (χ4v) is 13.5. The lowest BCUT2D eigenvalue weighted by Gasteiger charge is -2.35. The average Bonchev–Trinajstić information content (AvgIpc) is 4.02. The summed E-state index contributed by atoms with van der Waals surface area (Å²) in [7, 11) is 0. The summed E-state index contributed by atoms with van der Waals surface area (Å²) >= 11 is 0. The van der Waals surface area contributed by atoms with Gasteiger partial charge in [0.25, 0.3) is 0 Å². The van der Waals surface area contributed by atoms with Crippen LogP contribution in [0.25, 0.3) is 44.5 Å². The van der Waals surface area contributed by atoms with Crippen molar-refractivity contribution in [3.05, 3.63) is 311 Å². The van der Waals surface area contributed by atoms with E-state index in [0.717, 1.165) is 34.0 Å². The quantitative estimate of drug-likeness (QED) is 0.142. The molecule has 0 radical (unpaired) electrons. The summed E-state index contributed by atoms with van der Waals surface area (Å²) in [5.41, 5.74) is 26.2. The second-order valence-electron chi connectivity index (χ2n) is 21.6. The van der Waals surface area contributed by atoms with E-state index in [4.69, 9.17) is 0 Å². The van der Waals surface area contributed by atoms with E-state index in [1.165, 1.54) is 89.1 Å². The Kier molecular flexibility index (Phi) is 10.2. The number of rotatable bonds is 9. The standard InChI is InChI=1S/C73H56N2/c1-71(2)64-38-15-11-33-58(64)62-44-43-57(48-68(62)71)75(69-42-22-37-63-61-36-12-16-39-65(61)72(3,4)70(63)69)56-32-21-31-55(47-56)74(53-29-19-25-50(45-53)49-23-7-5-8-24-49)54-30-20-28-52(46-54)73(51-26-9-6-10-27-51)66-40-17-13-34-59(66)60-35-14-18-41-67(60)73/h5-48H,1-4H3. The van der Waals surface area contributed by atoms with E-state index < -0.39 is 5.41 Å². The summed E-state index contributed by atoms with van der Waals surface area (Å²) in [5.74, 6) is 0.